The Kier molecular flexibility index (Phi) is 4.03. The fourth-order valence-electron chi connectivity index (χ4n) is 3.68. The maximum absolute atomic E-state index is 13.1. The smallest absolute Gasteiger partial charge is 0.303 e. The van der Waals surface area contributed by atoms with E-state index >= 15 is 0 Å². The highest BCUT2D eigenvalue weighted by atomic mass is 16.4. The van der Waals surface area contributed by atoms with E-state index in [0.717, 1.165) is 27.7 Å². The van der Waals surface area contributed by atoms with E-state index in [4.69, 9.17) is 5.11 Å². The van der Waals surface area contributed by atoms with Gasteiger partial charge in [-0.3, -0.25) is 9.59 Å². The monoisotopic (exact) mass is 361 g/mol. The summed E-state index contributed by atoms with van der Waals surface area (Å²) in [5, 5.41) is 9.99. The number of pyridine rings is 2. The second kappa shape index (κ2) is 6.39. The van der Waals surface area contributed by atoms with Gasteiger partial charge in [-0.2, -0.15) is 0 Å². The van der Waals surface area contributed by atoms with Crippen molar-refractivity contribution in [3.63, 3.8) is 0 Å². The lowest BCUT2D eigenvalue weighted by Gasteiger charge is -2.15. The minimum Gasteiger partial charge on any atom is -0.481 e. The number of hydrogen-bond donors (Lipinski definition) is 1. The number of nitrogens with zero attached hydrogens (tertiary/aromatic N) is 3. The summed E-state index contributed by atoms with van der Waals surface area (Å²) in [6, 6.07) is 11.6. The summed E-state index contributed by atoms with van der Waals surface area (Å²) in [6.45, 7) is 1.96. The van der Waals surface area contributed by atoms with Crippen LogP contribution in [0.5, 0.6) is 0 Å². The first kappa shape index (κ1) is 17.0. The Balaban J connectivity index is 1.99. The summed E-state index contributed by atoms with van der Waals surface area (Å²) in [6.07, 6.45) is 3.92. The zero-order chi connectivity index (χ0) is 19.1. The predicted octanol–water partition coefficient (Wildman–Crippen LogP) is 3.18. The number of aryl methyl sites for hydroxylation is 3. The van der Waals surface area contributed by atoms with Crippen molar-refractivity contribution in [1.82, 2.24) is 14.0 Å². The maximum Gasteiger partial charge on any atom is 0.303 e. The Morgan fingerprint density at radius 3 is 2.74 bits per heavy atom. The molecule has 0 fully saturated rings. The zero-order valence-corrected chi connectivity index (χ0v) is 15.1. The molecular weight excluding hydrogens is 342 g/mol. The Morgan fingerprint density at radius 2 is 1.96 bits per heavy atom. The van der Waals surface area contributed by atoms with Gasteiger partial charge >= 0.3 is 5.97 Å². The summed E-state index contributed by atoms with van der Waals surface area (Å²) in [5.41, 5.74) is 4.62. The quantitative estimate of drug-likeness (QED) is 0.606. The molecule has 0 bridgehead atoms. The van der Waals surface area contributed by atoms with Gasteiger partial charge in [-0.05, 0) is 37.1 Å². The molecule has 0 radical (unpaired) electrons. The fraction of sp³-hybridized carbons (Fsp3) is 0.190. The van der Waals surface area contributed by atoms with Gasteiger partial charge in [0.1, 0.15) is 5.65 Å². The molecule has 0 atom stereocenters. The minimum atomic E-state index is -0.841. The second-order valence-corrected chi connectivity index (χ2v) is 6.63. The molecule has 0 saturated carbocycles. The Morgan fingerprint density at radius 1 is 1.19 bits per heavy atom. The van der Waals surface area contributed by atoms with Crippen LogP contribution in [0.1, 0.15) is 17.7 Å². The van der Waals surface area contributed by atoms with Gasteiger partial charge in [-0.25, -0.2) is 4.98 Å². The van der Waals surface area contributed by atoms with Gasteiger partial charge < -0.3 is 14.1 Å². The third-order valence-electron chi connectivity index (χ3n) is 5.06. The van der Waals surface area contributed by atoms with E-state index in [9.17, 15) is 9.59 Å². The van der Waals surface area contributed by atoms with Gasteiger partial charge in [0, 0.05) is 36.1 Å². The number of imidazole rings is 1. The van der Waals surface area contributed by atoms with Gasteiger partial charge in [0.15, 0.2) is 0 Å². The molecule has 0 aliphatic carbocycles. The predicted molar refractivity (Wildman–Crippen MR) is 104 cm³/mol. The van der Waals surface area contributed by atoms with E-state index < -0.39 is 5.97 Å². The average molecular weight is 361 g/mol. The molecule has 27 heavy (non-hydrogen) atoms. The summed E-state index contributed by atoms with van der Waals surface area (Å²) in [4.78, 5) is 28.5. The number of fused-ring (bicyclic) bond motifs is 2. The Bertz CT molecular complexity index is 1250. The van der Waals surface area contributed by atoms with Crippen LogP contribution in [0, 0.1) is 6.92 Å². The SMILES string of the molecule is Cc1c(-c2ccc(CCC(=O)O)n3ccnc23)c(=O)n(C)c2ccccc12. The summed E-state index contributed by atoms with van der Waals surface area (Å²) >= 11 is 0. The summed E-state index contributed by atoms with van der Waals surface area (Å²) in [5.74, 6) is -0.841. The number of aliphatic carboxylic acids is 1. The van der Waals surface area contributed by atoms with E-state index in [2.05, 4.69) is 4.98 Å². The van der Waals surface area contributed by atoms with Crippen molar-refractivity contribution in [3.8, 4) is 11.1 Å². The van der Waals surface area contributed by atoms with Crippen molar-refractivity contribution in [2.75, 3.05) is 0 Å². The van der Waals surface area contributed by atoms with Crippen molar-refractivity contribution in [1.29, 1.82) is 0 Å². The molecule has 0 amide bonds. The summed E-state index contributed by atoms with van der Waals surface area (Å²) < 4.78 is 3.53. The Hall–Kier alpha value is -3.41. The molecule has 136 valence electrons. The lowest BCUT2D eigenvalue weighted by Crippen LogP contribution is -2.21. The van der Waals surface area contributed by atoms with Crippen LogP contribution in [-0.2, 0) is 18.3 Å². The third-order valence-corrected chi connectivity index (χ3v) is 5.06. The van der Waals surface area contributed by atoms with Gasteiger partial charge in [0.05, 0.1) is 17.5 Å². The number of benzene rings is 1. The van der Waals surface area contributed by atoms with E-state index in [1.54, 1.807) is 24.0 Å². The number of carboxylic acids is 1. The van der Waals surface area contributed by atoms with Crippen molar-refractivity contribution in [2.24, 2.45) is 7.05 Å². The van der Waals surface area contributed by atoms with Gasteiger partial charge in [0.25, 0.3) is 5.56 Å². The maximum atomic E-state index is 13.1. The van der Waals surface area contributed by atoms with Crippen molar-refractivity contribution < 1.29 is 9.90 Å². The highest BCUT2D eigenvalue weighted by Gasteiger charge is 2.18. The lowest BCUT2D eigenvalue weighted by atomic mass is 9.98. The first-order valence-corrected chi connectivity index (χ1v) is 8.74. The molecule has 4 rings (SSSR count). The molecule has 1 N–H and O–H groups in total. The Labute approximate surface area is 155 Å². The minimum absolute atomic E-state index is 0.0450. The topological polar surface area (TPSA) is 76.6 Å². The first-order valence-electron chi connectivity index (χ1n) is 8.74. The molecule has 1 aromatic carbocycles. The van der Waals surface area contributed by atoms with Crippen molar-refractivity contribution in [3.05, 3.63) is 70.4 Å². The first-order chi connectivity index (χ1) is 13.0. The van der Waals surface area contributed by atoms with Crippen LogP contribution < -0.4 is 5.56 Å². The molecule has 0 aliphatic heterocycles. The lowest BCUT2D eigenvalue weighted by molar-refractivity contribution is -0.136. The van der Waals surface area contributed by atoms with Crippen LogP contribution in [0.25, 0.3) is 27.7 Å². The fourth-order valence-corrected chi connectivity index (χ4v) is 3.68. The van der Waals surface area contributed by atoms with Crippen LogP contribution in [0.2, 0.25) is 0 Å². The molecule has 0 saturated heterocycles. The number of carboxylic acid groups (broad SMARTS) is 1. The number of hydrogen-bond acceptors (Lipinski definition) is 3. The molecule has 4 aromatic rings. The highest BCUT2D eigenvalue weighted by molar-refractivity contribution is 5.91. The van der Waals surface area contributed by atoms with Crippen LogP contribution in [0.15, 0.2) is 53.6 Å². The van der Waals surface area contributed by atoms with Crippen LogP contribution >= 0.6 is 0 Å². The molecule has 0 aliphatic rings. The van der Waals surface area contributed by atoms with Crippen molar-refractivity contribution >= 4 is 22.5 Å². The normalized spacial score (nSPS) is 11.3. The molecular formula is C21H19N3O3. The van der Waals surface area contributed by atoms with Gasteiger partial charge in [0.2, 0.25) is 0 Å². The number of aromatic nitrogens is 3. The second-order valence-electron chi connectivity index (χ2n) is 6.63. The average Bonchev–Trinajstić information content (AvgIpc) is 3.15. The number of para-hydroxylation sites is 1. The van der Waals surface area contributed by atoms with Gasteiger partial charge in [-0.1, -0.05) is 18.2 Å². The molecule has 3 heterocycles. The largest absolute Gasteiger partial charge is 0.481 e. The van der Waals surface area contributed by atoms with E-state index in [-0.39, 0.29) is 12.0 Å². The zero-order valence-electron chi connectivity index (χ0n) is 15.1. The molecule has 3 aromatic heterocycles. The van der Waals surface area contributed by atoms with Gasteiger partial charge in [-0.15, -0.1) is 0 Å². The molecule has 0 spiro atoms. The standard InChI is InChI=1S/C21H19N3O3/c1-13-15-5-3-4-6-17(15)23(2)21(27)19(13)16-9-7-14(8-10-18(25)26)24-12-11-22-20(16)24/h3-7,9,11-12H,8,10H2,1-2H3,(H,25,26). The molecule has 6 nitrogen and oxygen atoms in total. The third kappa shape index (κ3) is 2.70. The van der Waals surface area contributed by atoms with Crippen LogP contribution in [-0.4, -0.2) is 25.0 Å². The number of rotatable bonds is 4. The molecule has 0 unspecified atom stereocenters. The van der Waals surface area contributed by atoms with E-state index in [1.165, 1.54) is 0 Å². The van der Waals surface area contributed by atoms with Crippen molar-refractivity contribution in [2.45, 2.75) is 19.8 Å². The molecule has 6 heteroatoms. The summed E-state index contributed by atoms with van der Waals surface area (Å²) in [7, 11) is 1.78. The number of carbonyl (C=O) groups is 1. The van der Waals surface area contributed by atoms with E-state index in [0.29, 0.717) is 17.6 Å². The van der Waals surface area contributed by atoms with Crippen LogP contribution in [0.3, 0.4) is 0 Å². The van der Waals surface area contributed by atoms with E-state index in [1.807, 2.05) is 47.7 Å². The van der Waals surface area contributed by atoms with Crippen LogP contribution in [0.4, 0.5) is 0 Å². The highest BCUT2D eigenvalue weighted by Crippen LogP contribution is 2.29.